The number of nitrogens with zero attached hydrogens (tertiary/aromatic N) is 1. The van der Waals surface area contributed by atoms with Crippen LogP contribution < -0.4 is 10.6 Å². The van der Waals surface area contributed by atoms with Gasteiger partial charge in [-0.1, -0.05) is 0 Å². The molecule has 116 valence electrons. The number of carbonyl (C=O) groups excluding carboxylic acids is 1. The minimum Gasteiger partial charge on any atom is -0.378 e. The van der Waals surface area contributed by atoms with E-state index in [2.05, 4.69) is 24.5 Å². The number of nitro benzene ring substituents is 1. The van der Waals surface area contributed by atoms with Gasteiger partial charge in [0.1, 0.15) is 5.69 Å². The van der Waals surface area contributed by atoms with Crippen LogP contribution in [0.25, 0.3) is 0 Å². The van der Waals surface area contributed by atoms with E-state index in [1.165, 1.54) is 6.07 Å². The predicted molar refractivity (Wildman–Crippen MR) is 87.2 cm³/mol. The Morgan fingerprint density at radius 3 is 2.62 bits per heavy atom. The van der Waals surface area contributed by atoms with Crippen LogP contribution in [0.15, 0.2) is 18.2 Å². The van der Waals surface area contributed by atoms with Gasteiger partial charge in [-0.05, 0) is 39.2 Å². The fourth-order valence-corrected chi connectivity index (χ4v) is 1.83. The molecular weight excluding hydrogens is 290 g/mol. The fraction of sp³-hybridized carbons (Fsp3) is 0.500. The Labute approximate surface area is 128 Å². The zero-order valence-corrected chi connectivity index (χ0v) is 13.5. The molecule has 0 aliphatic rings. The van der Waals surface area contributed by atoms with Gasteiger partial charge in [0.25, 0.3) is 11.6 Å². The zero-order valence-electron chi connectivity index (χ0n) is 12.7. The SMILES string of the molecule is CCNC(=O)c1ccc(NCC(C)(C)SC)c([N+](=O)[O-])c1. The normalized spacial score (nSPS) is 11.0. The summed E-state index contributed by atoms with van der Waals surface area (Å²) >= 11 is 1.68. The summed E-state index contributed by atoms with van der Waals surface area (Å²) in [5.74, 6) is -0.309. The first kappa shape index (κ1) is 17.3. The maximum atomic E-state index is 11.7. The van der Waals surface area contributed by atoms with Gasteiger partial charge < -0.3 is 10.6 Å². The predicted octanol–water partition coefficient (Wildman–Crippen LogP) is 2.90. The van der Waals surface area contributed by atoms with Crippen LogP contribution in [0.2, 0.25) is 0 Å². The van der Waals surface area contributed by atoms with Gasteiger partial charge >= 0.3 is 0 Å². The lowest BCUT2D eigenvalue weighted by Crippen LogP contribution is -2.26. The average molecular weight is 311 g/mol. The molecule has 7 heteroatoms. The monoisotopic (exact) mass is 311 g/mol. The minimum atomic E-state index is -0.475. The highest BCUT2D eigenvalue weighted by molar-refractivity contribution is 7.99. The molecule has 1 amide bonds. The maximum absolute atomic E-state index is 11.7. The van der Waals surface area contributed by atoms with E-state index in [-0.39, 0.29) is 16.3 Å². The summed E-state index contributed by atoms with van der Waals surface area (Å²) in [6.45, 7) is 6.98. The smallest absolute Gasteiger partial charge is 0.293 e. The number of hydrogen-bond acceptors (Lipinski definition) is 5. The van der Waals surface area contributed by atoms with E-state index in [0.29, 0.717) is 24.3 Å². The third kappa shape index (κ3) is 4.93. The number of benzene rings is 1. The van der Waals surface area contributed by atoms with E-state index in [1.54, 1.807) is 30.8 Å². The van der Waals surface area contributed by atoms with E-state index in [9.17, 15) is 14.9 Å². The molecule has 0 radical (unpaired) electrons. The van der Waals surface area contributed by atoms with Crippen molar-refractivity contribution >= 4 is 29.0 Å². The average Bonchev–Trinajstić information content (AvgIpc) is 2.45. The van der Waals surface area contributed by atoms with Gasteiger partial charge in [0.05, 0.1) is 4.92 Å². The second kappa shape index (κ2) is 7.31. The first-order chi connectivity index (χ1) is 9.80. The number of anilines is 1. The summed E-state index contributed by atoms with van der Waals surface area (Å²) in [6, 6.07) is 4.48. The number of nitrogens with one attached hydrogen (secondary N) is 2. The second-order valence-corrected chi connectivity index (χ2v) is 6.68. The van der Waals surface area contributed by atoms with Crippen molar-refractivity contribution in [3.63, 3.8) is 0 Å². The Morgan fingerprint density at radius 2 is 2.10 bits per heavy atom. The third-order valence-corrected chi connectivity index (χ3v) is 4.30. The summed E-state index contributed by atoms with van der Waals surface area (Å²) in [6.07, 6.45) is 1.99. The van der Waals surface area contributed by atoms with Crippen LogP contribution in [0.1, 0.15) is 31.1 Å². The van der Waals surface area contributed by atoms with Crippen LogP contribution >= 0.6 is 11.8 Å². The van der Waals surface area contributed by atoms with Gasteiger partial charge in [0, 0.05) is 29.5 Å². The standard InChI is InChI=1S/C14H21N3O3S/c1-5-15-13(18)10-6-7-11(12(8-10)17(19)20)16-9-14(2,3)21-4/h6-8,16H,5,9H2,1-4H3,(H,15,18). The van der Waals surface area contributed by atoms with Gasteiger partial charge in [-0.2, -0.15) is 11.8 Å². The highest BCUT2D eigenvalue weighted by Gasteiger charge is 2.20. The van der Waals surface area contributed by atoms with Crippen LogP contribution in [0, 0.1) is 10.1 Å². The number of thioether (sulfide) groups is 1. The molecule has 0 aromatic heterocycles. The topological polar surface area (TPSA) is 84.3 Å². The Kier molecular flexibility index (Phi) is 6.02. The molecular formula is C14H21N3O3S. The molecule has 0 atom stereocenters. The summed E-state index contributed by atoms with van der Waals surface area (Å²) in [7, 11) is 0. The molecule has 0 fully saturated rings. The summed E-state index contributed by atoms with van der Waals surface area (Å²) in [4.78, 5) is 22.4. The molecule has 0 aliphatic heterocycles. The fourth-order valence-electron chi connectivity index (χ4n) is 1.62. The molecule has 6 nitrogen and oxygen atoms in total. The van der Waals surface area contributed by atoms with Crippen LogP contribution in [-0.2, 0) is 0 Å². The van der Waals surface area contributed by atoms with E-state index >= 15 is 0 Å². The summed E-state index contributed by atoms with van der Waals surface area (Å²) in [5, 5.41) is 16.9. The summed E-state index contributed by atoms with van der Waals surface area (Å²) < 4.78 is -0.0356. The first-order valence-corrected chi connectivity index (χ1v) is 7.89. The number of nitro groups is 1. The Morgan fingerprint density at radius 1 is 1.43 bits per heavy atom. The number of carbonyl (C=O) groups is 1. The van der Waals surface area contributed by atoms with Crippen molar-refractivity contribution in [1.82, 2.24) is 5.32 Å². The van der Waals surface area contributed by atoms with Crippen molar-refractivity contribution < 1.29 is 9.72 Å². The van der Waals surface area contributed by atoms with Gasteiger partial charge in [-0.3, -0.25) is 14.9 Å². The van der Waals surface area contributed by atoms with Crippen LogP contribution in [0.3, 0.4) is 0 Å². The number of hydrogen-bond donors (Lipinski definition) is 2. The number of rotatable bonds is 7. The third-order valence-electron chi connectivity index (χ3n) is 3.05. The molecule has 0 aliphatic carbocycles. The quantitative estimate of drug-likeness (QED) is 0.597. The molecule has 0 bridgehead atoms. The van der Waals surface area contributed by atoms with Crippen molar-refractivity contribution in [1.29, 1.82) is 0 Å². The van der Waals surface area contributed by atoms with Crippen molar-refractivity contribution in [2.45, 2.75) is 25.5 Å². The van der Waals surface area contributed by atoms with Crippen molar-refractivity contribution in [2.75, 3.05) is 24.7 Å². The van der Waals surface area contributed by atoms with E-state index < -0.39 is 4.92 Å². The Hall–Kier alpha value is -1.76. The minimum absolute atomic E-state index is 0.0356. The molecule has 0 spiro atoms. The number of amides is 1. The lowest BCUT2D eigenvalue weighted by atomic mass is 10.1. The molecule has 1 rings (SSSR count). The van der Waals surface area contributed by atoms with E-state index in [4.69, 9.17) is 0 Å². The second-order valence-electron chi connectivity index (χ2n) is 5.17. The van der Waals surface area contributed by atoms with Gasteiger partial charge in [0.15, 0.2) is 0 Å². The molecule has 1 aromatic rings. The highest BCUT2D eigenvalue weighted by Crippen LogP contribution is 2.28. The van der Waals surface area contributed by atoms with Crippen molar-refractivity contribution in [3.8, 4) is 0 Å². The molecule has 0 heterocycles. The molecule has 0 saturated heterocycles. The van der Waals surface area contributed by atoms with Crippen LogP contribution in [0.4, 0.5) is 11.4 Å². The van der Waals surface area contributed by atoms with Gasteiger partial charge in [0.2, 0.25) is 0 Å². The lowest BCUT2D eigenvalue weighted by molar-refractivity contribution is -0.384. The summed E-state index contributed by atoms with van der Waals surface area (Å²) in [5.41, 5.74) is 0.629. The van der Waals surface area contributed by atoms with Gasteiger partial charge in [-0.25, -0.2) is 0 Å². The van der Waals surface area contributed by atoms with Gasteiger partial charge in [-0.15, -0.1) is 0 Å². The van der Waals surface area contributed by atoms with Crippen LogP contribution in [-0.4, -0.2) is 34.9 Å². The largest absolute Gasteiger partial charge is 0.378 e. The molecule has 0 unspecified atom stereocenters. The lowest BCUT2D eigenvalue weighted by Gasteiger charge is -2.22. The van der Waals surface area contributed by atoms with Crippen molar-refractivity contribution in [2.24, 2.45) is 0 Å². The first-order valence-electron chi connectivity index (χ1n) is 6.66. The van der Waals surface area contributed by atoms with E-state index in [1.807, 2.05) is 6.26 Å². The molecule has 0 saturated carbocycles. The Balaban J connectivity index is 3.00. The van der Waals surface area contributed by atoms with Crippen molar-refractivity contribution in [3.05, 3.63) is 33.9 Å². The maximum Gasteiger partial charge on any atom is 0.293 e. The Bertz CT molecular complexity index is 532. The molecule has 1 aromatic carbocycles. The van der Waals surface area contributed by atoms with E-state index in [0.717, 1.165) is 0 Å². The highest BCUT2D eigenvalue weighted by atomic mass is 32.2. The van der Waals surface area contributed by atoms with Crippen LogP contribution in [0.5, 0.6) is 0 Å². The molecule has 2 N–H and O–H groups in total. The molecule has 21 heavy (non-hydrogen) atoms. The zero-order chi connectivity index (χ0) is 16.0.